The lowest BCUT2D eigenvalue weighted by atomic mass is 10.2. The molecule has 1 aliphatic rings. The first-order valence-electron chi connectivity index (χ1n) is 6.18. The van der Waals surface area contributed by atoms with E-state index in [1.165, 1.54) is 10.4 Å². The summed E-state index contributed by atoms with van der Waals surface area (Å²) < 4.78 is 11.6. The van der Waals surface area contributed by atoms with Crippen LogP contribution in [0.4, 0.5) is 0 Å². The first kappa shape index (κ1) is 13.7. The molecule has 2 heterocycles. The van der Waals surface area contributed by atoms with Crippen LogP contribution in [0.1, 0.15) is 27.0 Å². The van der Waals surface area contributed by atoms with Crippen LogP contribution in [0.5, 0.6) is 0 Å². The maximum absolute atomic E-state index is 12.4. The second-order valence-corrected chi connectivity index (χ2v) is 7.89. The molecule has 1 amide bonds. The monoisotopic (exact) mass is 285 g/mol. The Bertz CT molecular complexity index is 462. The maximum atomic E-state index is 12.4. The molecule has 2 rings (SSSR count). The highest BCUT2D eigenvalue weighted by molar-refractivity contribution is 7.85. The molecule has 18 heavy (non-hydrogen) atoms. The molecule has 100 valence electrons. The molecule has 1 aliphatic heterocycles. The Labute approximate surface area is 115 Å². The van der Waals surface area contributed by atoms with Crippen molar-refractivity contribution in [3.05, 3.63) is 21.4 Å². The van der Waals surface area contributed by atoms with Crippen LogP contribution in [0, 0.1) is 19.8 Å². The van der Waals surface area contributed by atoms with Crippen molar-refractivity contribution in [3.63, 3.8) is 0 Å². The molecule has 0 radical (unpaired) electrons. The Morgan fingerprint density at radius 3 is 2.83 bits per heavy atom. The minimum atomic E-state index is -0.771. The lowest BCUT2D eigenvalue weighted by molar-refractivity contribution is 0.0756. The first-order chi connectivity index (χ1) is 8.47. The van der Waals surface area contributed by atoms with Crippen molar-refractivity contribution in [1.29, 1.82) is 0 Å². The molecule has 1 saturated heterocycles. The highest BCUT2D eigenvalue weighted by atomic mass is 32.2. The topological polar surface area (TPSA) is 37.4 Å². The molecule has 0 aliphatic carbocycles. The van der Waals surface area contributed by atoms with Gasteiger partial charge in [0.2, 0.25) is 0 Å². The summed E-state index contributed by atoms with van der Waals surface area (Å²) in [5, 5.41) is 0. The summed E-state index contributed by atoms with van der Waals surface area (Å²) in [6.07, 6.45) is 0. The van der Waals surface area contributed by atoms with E-state index in [4.69, 9.17) is 0 Å². The fourth-order valence-electron chi connectivity index (χ4n) is 2.15. The Kier molecular flexibility index (Phi) is 4.22. The molecule has 0 N–H and O–H groups in total. The van der Waals surface area contributed by atoms with E-state index in [0.717, 1.165) is 11.4 Å². The smallest absolute Gasteiger partial charge is 0.263 e. The molecule has 0 unspecified atom stereocenters. The van der Waals surface area contributed by atoms with Crippen LogP contribution in [-0.2, 0) is 10.8 Å². The van der Waals surface area contributed by atoms with Gasteiger partial charge in [-0.2, -0.15) is 0 Å². The second kappa shape index (κ2) is 5.53. The van der Waals surface area contributed by atoms with Crippen LogP contribution in [0.15, 0.2) is 6.07 Å². The van der Waals surface area contributed by atoms with Crippen molar-refractivity contribution in [2.24, 2.45) is 5.92 Å². The second-order valence-electron chi connectivity index (χ2n) is 5.02. The normalized spacial score (nSPS) is 24.9. The standard InChI is InChI=1S/C13H19NO2S2/c1-9-7-14(4-5-18(16)8-9)13(15)12-6-10(2)11(3)17-12/h6,9H,4-5,7-8H2,1-3H3/t9-,18+/m1/s1. The Morgan fingerprint density at radius 1 is 1.50 bits per heavy atom. The van der Waals surface area contributed by atoms with Gasteiger partial charge >= 0.3 is 0 Å². The summed E-state index contributed by atoms with van der Waals surface area (Å²) in [5.74, 6) is 1.74. The molecule has 0 saturated carbocycles. The average Bonchev–Trinajstić information content (AvgIpc) is 2.53. The summed E-state index contributed by atoms with van der Waals surface area (Å²) >= 11 is 1.56. The van der Waals surface area contributed by atoms with Gasteiger partial charge in [0.25, 0.3) is 5.91 Å². The molecule has 1 aromatic heterocycles. The first-order valence-corrected chi connectivity index (χ1v) is 8.49. The minimum absolute atomic E-state index is 0.0990. The fourth-order valence-corrected chi connectivity index (χ4v) is 4.48. The number of aryl methyl sites for hydroxylation is 2. The van der Waals surface area contributed by atoms with Gasteiger partial charge in [0, 0.05) is 40.3 Å². The van der Waals surface area contributed by atoms with Crippen molar-refractivity contribution in [2.75, 3.05) is 24.6 Å². The quantitative estimate of drug-likeness (QED) is 0.793. The number of nitrogens with zero attached hydrogens (tertiary/aromatic N) is 1. The molecule has 5 heteroatoms. The van der Waals surface area contributed by atoms with E-state index < -0.39 is 10.8 Å². The zero-order chi connectivity index (χ0) is 13.3. The van der Waals surface area contributed by atoms with Crippen molar-refractivity contribution in [2.45, 2.75) is 20.8 Å². The molecule has 0 aromatic carbocycles. The third-order valence-electron chi connectivity index (χ3n) is 3.26. The largest absolute Gasteiger partial charge is 0.337 e. The number of hydrogen-bond donors (Lipinski definition) is 0. The Hall–Kier alpha value is -0.680. The van der Waals surface area contributed by atoms with Gasteiger partial charge in [0.05, 0.1) is 4.88 Å². The molecular formula is C13H19NO2S2. The van der Waals surface area contributed by atoms with E-state index >= 15 is 0 Å². The number of rotatable bonds is 1. The summed E-state index contributed by atoms with van der Waals surface area (Å²) in [6, 6.07) is 1.97. The van der Waals surface area contributed by atoms with Crippen LogP contribution in [-0.4, -0.2) is 39.6 Å². The van der Waals surface area contributed by atoms with E-state index in [1.54, 1.807) is 11.3 Å². The van der Waals surface area contributed by atoms with Gasteiger partial charge in [-0.05, 0) is 31.4 Å². The van der Waals surface area contributed by atoms with E-state index in [9.17, 15) is 9.00 Å². The zero-order valence-corrected chi connectivity index (χ0v) is 12.7. The van der Waals surface area contributed by atoms with Gasteiger partial charge in [-0.1, -0.05) is 6.92 Å². The molecule has 2 atom stereocenters. The van der Waals surface area contributed by atoms with Crippen molar-refractivity contribution in [3.8, 4) is 0 Å². The third-order valence-corrected chi connectivity index (χ3v) is 5.97. The molecule has 1 aromatic rings. The number of carbonyl (C=O) groups is 1. The van der Waals surface area contributed by atoms with Gasteiger partial charge in [-0.15, -0.1) is 11.3 Å². The summed E-state index contributed by atoms with van der Waals surface area (Å²) in [7, 11) is -0.771. The number of carbonyl (C=O) groups excluding carboxylic acids is 1. The molecule has 1 fully saturated rings. The summed E-state index contributed by atoms with van der Waals surface area (Å²) in [6.45, 7) is 7.47. The van der Waals surface area contributed by atoms with Crippen LogP contribution < -0.4 is 0 Å². The molecular weight excluding hydrogens is 266 g/mol. The predicted octanol–water partition coefficient (Wildman–Crippen LogP) is 2.21. The van der Waals surface area contributed by atoms with E-state index in [0.29, 0.717) is 24.0 Å². The highest BCUT2D eigenvalue weighted by Crippen LogP contribution is 2.23. The van der Waals surface area contributed by atoms with Crippen molar-refractivity contribution >= 4 is 28.0 Å². The van der Waals surface area contributed by atoms with Gasteiger partial charge in [0.15, 0.2) is 0 Å². The molecule has 3 nitrogen and oxygen atoms in total. The lowest BCUT2D eigenvalue weighted by Crippen LogP contribution is -2.34. The van der Waals surface area contributed by atoms with Crippen LogP contribution in [0.3, 0.4) is 0 Å². The van der Waals surface area contributed by atoms with Gasteiger partial charge in [0.1, 0.15) is 0 Å². The van der Waals surface area contributed by atoms with Crippen molar-refractivity contribution in [1.82, 2.24) is 4.90 Å². The van der Waals surface area contributed by atoms with Crippen LogP contribution in [0.25, 0.3) is 0 Å². The van der Waals surface area contributed by atoms with E-state index in [-0.39, 0.29) is 5.91 Å². The van der Waals surface area contributed by atoms with E-state index in [1.807, 2.05) is 24.8 Å². The van der Waals surface area contributed by atoms with Crippen LogP contribution in [0.2, 0.25) is 0 Å². The third kappa shape index (κ3) is 3.01. The SMILES string of the molecule is Cc1cc(C(=O)N2CC[S@](=O)C[C@H](C)C2)sc1C. The van der Waals surface area contributed by atoms with Gasteiger partial charge < -0.3 is 4.90 Å². The fraction of sp³-hybridized carbons (Fsp3) is 0.615. The number of hydrogen-bond acceptors (Lipinski definition) is 3. The molecule has 0 spiro atoms. The summed E-state index contributed by atoms with van der Waals surface area (Å²) in [4.78, 5) is 16.3. The average molecular weight is 285 g/mol. The van der Waals surface area contributed by atoms with E-state index in [2.05, 4.69) is 6.92 Å². The Morgan fingerprint density at radius 2 is 2.22 bits per heavy atom. The molecule has 0 bridgehead atoms. The van der Waals surface area contributed by atoms with Crippen molar-refractivity contribution < 1.29 is 9.00 Å². The van der Waals surface area contributed by atoms with Gasteiger partial charge in [-0.25, -0.2) is 0 Å². The maximum Gasteiger partial charge on any atom is 0.263 e. The predicted molar refractivity (Wildman–Crippen MR) is 76.7 cm³/mol. The number of amides is 1. The zero-order valence-electron chi connectivity index (χ0n) is 11.1. The van der Waals surface area contributed by atoms with Gasteiger partial charge in [-0.3, -0.25) is 9.00 Å². The van der Waals surface area contributed by atoms with Crippen LogP contribution >= 0.6 is 11.3 Å². The Balaban J connectivity index is 2.15. The minimum Gasteiger partial charge on any atom is -0.337 e. The number of thiophene rings is 1. The highest BCUT2D eigenvalue weighted by Gasteiger charge is 2.24. The summed E-state index contributed by atoms with van der Waals surface area (Å²) in [5.41, 5.74) is 1.18. The lowest BCUT2D eigenvalue weighted by Gasteiger charge is -2.21.